The van der Waals surface area contributed by atoms with Crippen LogP contribution in [0.2, 0.25) is 0 Å². The highest BCUT2D eigenvalue weighted by Crippen LogP contribution is 2.75. The average Bonchev–Trinajstić information content (AvgIpc) is 3.29. The SMILES string of the molecule is C=C(C)C1CCC2(CO)CCC3(C)C(CCC4C5CC=C(c6ccc(C(=O)O)c(O)c6)C(C)(C)C5CCC43C)C12. The number of carbonyl (C=O) groups is 1. The number of allylic oxidation sites excluding steroid dienone is 3. The number of fused-ring (bicyclic) bond motifs is 7. The van der Waals surface area contributed by atoms with Gasteiger partial charge in [-0.05, 0) is 145 Å². The highest BCUT2D eigenvalue weighted by atomic mass is 16.4. The molecule has 0 saturated heterocycles. The zero-order valence-corrected chi connectivity index (χ0v) is 25.3. The molecule has 1 aromatic carbocycles. The maximum absolute atomic E-state index is 11.5. The Morgan fingerprint density at radius 1 is 0.950 bits per heavy atom. The molecule has 218 valence electrons. The van der Waals surface area contributed by atoms with Crippen molar-refractivity contribution in [2.24, 2.45) is 57.2 Å². The molecule has 0 bridgehead atoms. The monoisotopic (exact) mass is 546 g/mol. The van der Waals surface area contributed by atoms with Gasteiger partial charge in [0, 0.05) is 6.61 Å². The molecule has 3 N–H and O–H groups in total. The molecule has 0 spiro atoms. The van der Waals surface area contributed by atoms with Gasteiger partial charge in [0.25, 0.3) is 0 Å². The number of rotatable bonds is 4. The van der Waals surface area contributed by atoms with Gasteiger partial charge in [0.1, 0.15) is 11.3 Å². The number of hydrogen-bond acceptors (Lipinski definition) is 3. The topological polar surface area (TPSA) is 77.8 Å². The minimum atomic E-state index is -1.09. The Labute approximate surface area is 241 Å². The summed E-state index contributed by atoms with van der Waals surface area (Å²) in [6.45, 7) is 17.0. The van der Waals surface area contributed by atoms with Crippen molar-refractivity contribution in [3.05, 3.63) is 47.6 Å². The third-order valence-electron chi connectivity index (χ3n) is 14.1. The number of aliphatic hydroxyl groups excluding tert-OH is 1. The zero-order chi connectivity index (χ0) is 28.8. The number of hydrogen-bond donors (Lipinski definition) is 3. The van der Waals surface area contributed by atoms with Crippen LogP contribution >= 0.6 is 0 Å². The lowest BCUT2D eigenvalue weighted by Gasteiger charge is -2.70. The van der Waals surface area contributed by atoms with Crippen LogP contribution in [0.5, 0.6) is 5.75 Å². The van der Waals surface area contributed by atoms with E-state index in [0.717, 1.165) is 24.8 Å². The number of aromatic carboxylic acids is 1. The van der Waals surface area contributed by atoms with Gasteiger partial charge in [0.05, 0.1) is 0 Å². The average molecular weight is 547 g/mol. The molecule has 0 heterocycles. The Hall–Kier alpha value is -2.07. The summed E-state index contributed by atoms with van der Waals surface area (Å²) in [5.74, 6) is 2.45. The summed E-state index contributed by atoms with van der Waals surface area (Å²) in [4.78, 5) is 11.5. The second-order valence-corrected chi connectivity index (χ2v) is 15.6. The molecule has 40 heavy (non-hydrogen) atoms. The van der Waals surface area contributed by atoms with Crippen LogP contribution in [0.1, 0.15) is 108 Å². The second-order valence-electron chi connectivity index (χ2n) is 15.6. The Balaban J connectivity index is 1.33. The summed E-state index contributed by atoms with van der Waals surface area (Å²) < 4.78 is 0. The molecule has 6 rings (SSSR count). The molecule has 4 fully saturated rings. The van der Waals surface area contributed by atoms with Crippen molar-refractivity contribution in [2.45, 2.75) is 92.4 Å². The van der Waals surface area contributed by atoms with Crippen molar-refractivity contribution < 1.29 is 20.1 Å². The molecular formula is C36H50O4. The lowest BCUT2D eigenvalue weighted by molar-refractivity contribution is -0.206. The number of carboxylic acid groups (broad SMARTS) is 1. The molecule has 4 saturated carbocycles. The molecule has 0 amide bonds. The lowest BCUT2D eigenvalue weighted by Crippen LogP contribution is -2.63. The minimum Gasteiger partial charge on any atom is -0.507 e. The van der Waals surface area contributed by atoms with E-state index in [0.29, 0.717) is 47.5 Å². The van der Waals surface area contributed by atoms with Gasteiger partial charge in [-0.3, -0.25) is 0 Å². The first-order valence-electron chi connectivity index (χ1n) is 15.8. The van der Waals surface area contributed by atoms with Crippen LogP contribution in [0.25, 0.3) is 5.57 Å². The van der Waals surface area contributed by atoms with Crippen LogP contribution in [0.3, 0.4) is 0 Å². The molecule has 4 heteroatoms. The van der Waals surface area contributed by atoms with Crippen molar-refractivity contribution in [2.75, 3.05) is 6.61 Å². The Bertz CT molecular complexity index is 1260. The zero-order valence-electron chi connectivity index (χ0n) is 25.3. The molecule has 9 unspecified atom stereocenters. The van der Waals surface area contributed by atoms with Crippen LogP contribution in [0.4, 0.5) is 0 Å². The Morgan fingerprint density at radius 2 is 1.65 bits per heavy atom. The third-order valence-corrected chi connectivity index (χ3v) is 14.1. The summed E-state index contributed by atoms with van der Waals surface area (Å²) in [6, 6.07) is 5.09. The van der Waals surface area contributed by atoms with Crippen LogP contribution in [-0.2, 0) is 0 Å². The maximum atomic E-state index is 11.5. The van der Waals surface area contributed by atoms with Crippen LogP contribution in [-0.4, -0.2) is 27.9 Å². The standard InChI is InChI=1S/C36H50O4/c1-21(2)23-13-16-36(20-37)18-17-35(6)29(31(23)36)12-11-28-24-9-10-26(22-7-8-25(32(39)40)30(38)19-22)33(3,4)27(24)14-15-34(28,35)5/h7-8,10,19,23-24,27-29,31,37-38H,1,9,11-18,20H2,2-6H3,(H,39,40). The van der Waals surface area contributed by atoms with Gasteiger partial charge in [-0.1, -0.05) is 52.0 Å². The molecule has 5 aliphatic rings. The molecule has 0 radical (unpaired) electrons. The second kappa shape index (κ2) is 9.21. The molecular weight excluding hydrogens is 496 g/mol. The highest BCUT2D eigenvalue weighted by Gasteiger charge is 2.68. The van der Waals surface area contributed by atoms with Crippen molar-refractivity contribution in [1.82, 2.24) is 0 Å². The van der Waals surface area contributed by atoms with Gasteiger partial charge in [-0.2, -0.15) is 0 Å². The summed E-state index contributed by atoms with van der Waals surface area (Å²) >= 11 is 0. The third kappa shape index (κ3) is 3.63. The van der Waals surface area contributed by atoms with Gasteiger partial charge in [-0.25, -0.2) is 4.79 Å². The molecule has 1 aromatic rings. The summed E-state index contributed by atoms with van der Waals surface area (Å²) in [6.07, 6.45) is 13.3. The smallest absolute Gasteiger partial charge is 0.339 e. The molecule has 4 nitrogen and oxygen atoms in total. The first kappa shape index (κ1) is 28.1. The summed E-state index contributed by atoms with van der Waals surface area (Å²) in [5.41, 5.74) is 4.13. The van der Waals surface area contributed by atoms with Gasteiger partial charge in [-0.15, -0.1) is 0 Å². The predicted octanol–water partition coefficient (Wildman–Crippen LogP) is 8.34. The fraction of sp³-hybridized carbons (Fsp3) is 0.694. The van der Waals surface area contributed by atoms with Gasteiger partial charge in [0.2, 0.25) is 0 Å². The quantitative estimate of drug-likeness (QED) is 0.332. The van der Waals surface area contributed by atoms with Crippen molar-refractivity contribution in [3.63, 3.8) is 0 Å². The molecule has 5 aliphatic carbocycles. The molecule has 9 atom stereocenters. The van der Waals surface area contributed by atoms with E-state index in [1.807, 2.05) is 6.07 Å². The molecule has 0 aliphatic heterocycles. The first-order chi connectivity index (χ1) is 18.8. The largest absolute Gasteiger partial charge is 0.507 e. The Morgan fingerprint density at radius 3 is 2.30 bits per heavy atom. The van der Waals surface area contributed by atoms with Crippen molar-refractivity contribution in [3.8, 4) is 5.75 Å². The fourth-order valence-corrected chi connectivity index (χ4v) is 11.8. The maximum Gasteiger partial charge on any atom is 0.339 e. The van der Waals surface area contributed by atoms with Gasteiger partial charge in [0.15, 0.2) is 0 Å². The summed E-state index contributed by atoms with van der Waals surface area (Å²) in [5, 5.41) is 30.6. The Kier molecular flexibility index (Phi) is 6.47. The van der Waals surface area contributed by atoms with E-state index in [9.17, 15) is 20.1 Å². The van der Waals surface area contributed by atoms with E-state index in [4.69, 9.17) is 0 Å². The van der Waals surface area contributed by atoms with Gasteiger partial charge >= 0.3 is 5.97 Å². The minimum absolute atomic E-state index is 0.0388. The number of aromatic hydroxyl groups is 1. The first-order valence-corrected chi connectivity index (χ1v) is 15.8. The van der Waals surface area contributed by atoms with E-state index < -0.39 is 5.97 Å². The highest BCUT2D eigenvalue weighted by molar-refractivity contribution is 5.91. The van der Waals surface area contributed by atoms with E-state index in [-0.39, 0.29) is 27.6 Å². The molecule has 0 aromatic heterocycles. The van der Waals surface area contributed by atoms with E-state index in [2.05, 4.69) is 47.3 Å². The van der Waals surface area contributed by atoms with Gasteiger partial charge < -0.3 is 15.3 Å². The van der Waals surface area contributed by atoms with E-state index in [1.54, 1.807) is 12.1 Å². The lowest BCUT2D eigenvalue weighted by atomic mass is 9.35. The normalized spacial score (nSPS) is 43.5. The number of aliphatic hydroxyl groups is 1. The van der Waals surface area contributed by atoms with Crippen molar-refractivity contribution >= 4 is 11.5 Å². The predicted molar refractivity (Wildman–Crippen MR) is 160 cm³/mol. The van der Waals surface area contributed by atoms with Crippen LogP contribution < -0.4 is 0 Å². The fourth-order valence-electron chi connectivity index (χ4n) is 11.8. The summed E-state index contributed by atoms with van der Waals surface area (Å²) in [7, 11) is 0. The number of carboxylic acids is 1. The van der Waals surface area contributed by atoms with Crippen molar-refractivity contribution in [1.29, 1.82) is 0 Å². The van der Waals surface area contributed by atoms with E-state index in [1.165, 1.54) is 49.7 Å². The number of benzene rings is 1. The van der Waals surface area contributed by atoms with Crippen LogP contribution in [0, 0.1) is 57.2 Å². The van der Waals surface area contributed by atoms with Crippen LogP contribution in [0.15, 0.2) is 36.4 Å². The van der Waals surface area contributed by atoms with E-state index >= 15 is 0 Å². The number of phenols is 1.